The summed E-state index contributed by atoms with van der Waals surface area (Å²) in [5.74, 6) is -0.526. The molecule has 4 nitrogen and oxygen atoms in total. The van der Waals surface area contributed by atoms with Crippen LogP contribution >= 0.6 is 0 Å². The minimum atomic E-state index is -0.526. The number of aryl methyl sites for hydroxylation is 1. The van der Waals surface area contributed by atoms with Gasteiger partial charge in [-0.3, -0.25) is 4.79 Å². The number of para-hydroxylation sites is 1. The van der Waals surface area contributed by atoms with Gasteiger partial charge in [0.1, 0.15) is 0 Å². The van der Waals surface area contributed by atoms with Crippen LogP contribution in [-0.4, -0.2) is 5.91 Å². The number of rotatable bonds is 3. The fraction of sp³-hybridized carbons (Fsp3) is 0.133. The third-order valence-corrected chi connectivity index (χ3v) is 3.25. The summed E-state index contributed by atoms with van der Waals surface area (Å²) >= 11 is 0. The molecule has 0 unspecified atom stereocenters. The Labute approximate surface area is 112 Å². The second-order valence-corrected chi connectivity index (χ2v) is 4.50. The maximum absolute atomic E-state index is 11.3. The molecule has 0 saturated carbocycles. The fourth-order valence-electron chi connectivity index (χ4n) is 1.92. The highest BCUT2D eigenvalue weighted by molar-refractivity contribution is 6.01. The number of nitrogens with two attached hydrogens (primary N) is 2. The highest BCUT2D eigenvalue weighted by Crippen LogP contribution is 2.28. The van der Waals surface area contributed by atoms with E-state index in [1.54, 1.807) is 12.1 Å². The monoisotopic (exact) mass is 255 g/mol. The van der Waals surface area contributed by atoms with Crippen molar-refractivity contribution >= 4 is 23.0 Å². The van der Waals surface area contributed by atoms with E-state index in [2.05, 4.69) is 5.32 Å². The van der Waals surface area contributed by atoms with Crippen molar-refractivity contribution in [2.45, 2.75) is 13.8 Å². The van der Waals surface area contributed by atoms with Crippen molar-refractivity contribution in [1.29, 1.82) is 0 Å². The number of anilines is 3. The molecule has 1 amide bonds. The number of hydrogen-bond donors (Lipinski definition) is 3. The second kappa shape index (κ2) is 5.02. The fourth-order valence-corrected chi connectivity index (χ4v) is 1.92. The van der Waals surface area contributed by atoms with E-state index in [9.17, 15) is 4.79 Å². The number of nitrogen functional groups attached to an aromatic ring is 1. The van der Waals surface area contributed by atoms with Gasteiger partial charge < -0.3 is 16.8 Å². The molecule has 2 aromatic carbocycles. The normalized spacial score (nSPS) is 10.2. The predicted molar refractivity (Wildman–Crippen MR) is 78.6 cm³/mol. The van der Waals surface area contributed by atoms with Gasteiger partial charge in [0.05, 0.1) is 16.9 Å². The lowest BCUT2D eigenvalue weighted by atomic mass is 10.1. The van der Waals surface area contributed by atoms with Gasteiger partial charge >= 0.3 is 0 Å². The Morgan fingerprint density at radius 3 is 2.37 bits per heavy atom. The van der Waals surface area contributed by atoms with Gasteiger partial charge in [0.15, 0.2) is 0 Å². The molecule has 4 heteroatoms. The topological polar surface area (TPSA) is 81.1 Å². The SMILES string of the molecule is Cc1cccc(Nc2cccc(C(N)=O)c2N)c1C. The molecule has 0 aliphatic rings. The molecule has 0 fully saturated rings. The zero-order valence-corrected chi connectivity index (χ0v) is 11.0. The smallest absolute Gasteiger partial charge is 0.250 e. The summed E-state index contributed by atoms with van der Waals surface area (Å²) in [7, 11) is 0. The lowest BCUT2D eigenvalue weighted by Gasteiger charge is -2.14. The van der Waals surface area contributed by atoms with Crippen LogP contribution in [0.15, 0.2) is 36.4 Å². The minimum absolute atomic E-state index is 0.329. The van der Waals surface area contributed by atoms with E-state index in [1.807, 2.05) is 38.1 Å². The first-order valence-corrected chi connectivity index (χ1v) is 6.02. The van der Waals surface area contributed by atoms with E-state index in [4.69, 9.17) is 11.5 Å². The van der Waals surface area contributed by atoms with E-state index >= 15 is 0 Å². The molecule has 0 heterocycles. The Morgan fingerprint density at radius 2 is 1.68 bits per heavy atom. The van der Waals surface area contributed by atoms with Crippen LogP contribution in [0.3, 0.4) is 0 Å². The average Bonchev–Trinajstić information content (AvgIpc) is 2.37. The largest absolute Gasteiger partial charge is 0.396 e. The van der Waals surface area contributed by atoms with Gasteiger partial charge in [0.25, 0.3) is 5.91 Å². The number of benzene rings is 2. The maximum atomic E-state index is 11.3. The first kappa shape index (κ1) is 13.0. The summed E-state index contributed by atoms with van der Waals surface area (Å²) in [6.45, 7) is 4.08. The summed E-state index contributed by atoms with van der Waals surface area (Å²) in [4.78, 5) is 11.3. The average molecular weight is 255 g/mol. The summed E-state index contributed by atoms with van der Waals surface area (Å²) in [5, 5.41) is 3.24. The van der Waals surface area contributed by atoms with Gasteiger partial charge in [0.2, 0.25) is 0 Å². The first-order chi connectivity index (χ1) is 9.00. The van der Waals surface area contributed by atoms with Gasteiger partial charge in [-0.05, 0) is 43.2 Å². The van der Waals surface area contributed by atoms with Crippen molar-refractivity contribution < 1.29 is 4.79 Å². The summed E-state index contributed by atoms with van der Waals surface area (Å²) in [5.41, 5.74) is 15.9. The van der Waals surface area contributed by atoms with Crippen LogP contribution in [0.2, 0.25) is 0 Å². The molecule has 0 aliphatic heterocycles. The van der Waals surface area contributed by atoms with Crippen molar-refractivity contribution in [2.75, 3.05) is 11.1 Å². The van der Waals surface area contributed by atoms with Crippen molar-refractivity contribution in [3.05, 3.63) is 53.1 Å². The number of carbonyl (C=O) groups is 1. The molecular weight excluding hydrogens is 238 g/mol. The molecule has 0 atom stereocenters. The number of amides is 1. The molecule has 2 rings (SSSR count). The van der Waals surface area contributed by atoms with Crippen molar-refractivity contribution in [2.24, 2.45) is 5.73 Å². The van der Waals surface area contributed by atoms with Crippen LogP contribution in [0, 0.1) is 13.8 Å². The summed E-state index contributed by atoms with van der Waals surface area (Å²) in [6.07, 6.45) is 0. The Balaban J connectivity index is 2.42. The van der Waals surface area contributed by atoms with E-state index in [0.717, 1.165) is 11.3 Å². The van der Waals surface area contributed by atoms with Gasteiger partial charge in [-0.15, -0.1) is 0 Å². The molecule has 0 spiro atoms. The maximum Gasteiger partial charge on any atom is 0.250 e. The van der Waals surface area contributed by atoms with Crippen LogP contribution in [0.25, 0.3) is 0 Å². The van der Waals surface area contributed by atoms with Crippen molar-refractivity contribution in [3.63, 3.8) is 0 Å². The second-order valence-electron chi connectivity index (χ2n) is 4.50. The van der Waals surface area contributed by atoms with Crippen LogP contribution in [0.4, 0.5) is 17.1 Å². The van der Waals surface area contributed by atoms with Crippen LogP contribution in [0.1, 0.15) is 21.5 Å². The van der Waals surface area contributed by atoms with E-state index in [-0.39, 0.29) is 0 Å². The Kier molecular flexibility index (Phi) is 3.42. The van der Waals surface area contributed by atoms with Crippen molar-refractivity contribution in [1.82, 2.24) is 0 Å². The highest BCUT2D eigenvalue weighted by atomic mass is 16.1. The third-order valence-electron chi connectivity index (χ3n) is 3.25. The minimum Gasteiger partial charge on any atom is -0.396 e. The Morgan fingerprint density at radius 1 is 1.05 bits per heavy atom. The molecule has 19 heavy (non-hydrogen) atoms. The number of primary amides is 1. The summed E-state index contributed by atoms with van der Waals surface area (Å²) in [6, 6.07) is 11.2. The van der Waals surface area contributed by atoms with Gasteiger partial charge in [0, 0.05) is 5.69 Å². The summed E-state index contributed by atoms with van der Waals surface area (Å²) < 4.78 is 0. The van der Waals surface area contributed by atoms with Crippen LogP contribution in [0.5, 0.6) is 0 Å². The lowest BCUT2D eigenvalue weighted by Crippen LogP contribution is -2.14. The van der Waals surface area contributed by atoms with Gasteiger partial charge in [-0.1, -0.05) is 18.2 Å². The molecule has 2 aromatic rings. The quantitative estimate of drug-likeness (QED) is 0.737. The lowest BCUT2D eigenvalue weighted by molar-refractivity contribution is 0.100. The number of carbonyl (C=O) groups excluding carboxylic acids is 1. The number of nitrogens with one attached hydrogen (secondary N) is 1. The third kappa shape index (κ3) is 2.52. The molecule has 0 saturated heterocycles. The van der Waals surface area contributed by atoms with E-state index in [1.165, 1.54) is 5.56 Å². The standard InChI is InChI=1S/C15H17N3O/c1-9-5-3-7-12(10(9)2)18-13-8-4-6-11(14(13)16)15(17)19/h3-8,18H,16H2,1-2H3,(H2,17,19). The highest BCUT2D eigenvalue weighted by Gasteiger charge is 2.10. The molecule has 0 bridgehead atoms. The Bertz CT molecular complexity index is 635. The number of hydrogen-bond acceptors (Lipinski definition) is 3. The Hall–Kier alpha value is -2.49. The van der Waals surface area contributed by atoms with E-state index in [0.29, 0.717) is 16.9 Å². The predicted octanol–water partition coefficient (Wildman–Crippen LogP) is 2.73. The zero-order chi connectivity index (χ0) is 14.0. The molecule has 5 N–H and O–H groups in total. The first-order valence-electron chi connectivity index (χ1n) is 6.02. The van der Waals surface area contributed by atoms with Gasteiger partial charge in [-0.25, -0.2) is 0 Å². The van der Waals surface area contributed by atoms with Crippen LogP contribution < -0.4 is 16.8 Å². The molecular formula is C15H17N3O. The zero-order valence-electron chi connectivity index (χ0n) is 11.0. The van der Waals surface area contributed by atoms with Crippen LogP contribution in [-0.2, 0) is 0 Å². The molecule has 0 radical (unpaired) electrons. The molecule has 0 aliphatic carbocycles. The molecule has 0 aromatic heterocycles. The molecule has 98 valence electrons. The van der Waals surface area contributed by atoms with Crippen molar-refractivity contribution in [3.8, 4) is 0 Å². The van der Waals surface area contributed by atoms with Gasteiger partial charge in [-0.2, -0.15) is 0 Å². The van der Waals surface area contributed by atoms with E-state index < -0.39 is 5.91 Å².